The first-order valence-corrected chi connectivity index (χ1v) is 25.3. The van der Waals surface area contributed by atoms with Gasteiger partial charge in [-0.2, -0.15) is 27.1 Å². The van der Waals surface area contributed by atoms with Crippen LogP contribution in [0.25, 0.3) is 11.3 Å². The Kier molecular flexibility index (Phi) is 19.0. The van der Waals surface area contributed by atoms with Crippen molar-refractivity contribution in [2.45, 2.75) is 122 Å². The van der Waals surface area contributed by atoms with E-state index in [9.17, 15) is 46.5 Å². The minimum atomic E-state index is -5.10. The number of hydrazine groups is 1. The van der Waals surface area contributed by atoms with Gasteiger partial charge in [0, 0.05) is 79.3 Å². The van der Waals surface area contributed by atoms with Crippen LogP contribution in [0.3, 0.4) is 0 Å². The van der Waals surface area contributed by atoms with E-state index in [1.165, 1.54) is 0 Å². The predicted molar refractivity (Wildman–Crippen MR) is 267 cm³/mol. The van der Waals surface area contributed by atoms with Gasteiger partial charge in [-0.25, -0.2) is 28.3 Å². The van der Waals surface area contributed by atoms with Crippen LogP contribution >= 0.6 is 0 Å². The molecule has 3 amide bonds. The Labute approximate surface area is 436 Å². The minimum Gasteiger partial charge on any atom is -0.465 e. The number of hydrogen-bond acceptors (Lipinski definition) is 11. The predicted octanol–water partition coefficient (Wildman–Crippen LogP) is 6.63. The number of benzene rings is 2. The molecule has 0 unspecified atom stereocenters. The lowest BCUT2D eigenvalue weighted by atomic mass is 9.82. The summed E-state index contributed by atoms with van der Waals surface area (Å²) < 4.78 is 107. The molecule has 6 N–H and O–H groups in total. The average Bonchev–Trinajstić information content (AvgIpc) is 3.93. The van der Waals surface area contributed by atoms with Gasteiger partial charge in [0.05, 0.1) is 42.5 Å². The zero-order chi connectivity index (χ0) is 54.9. The average molecular weight is 1070 g/mol. The first kappa shape index (κ1) is 57.4. The highest BCUT2D eigenvalue weighted by molar-refractivity contribution is 5.86. The van der Waals surface area contributed by atoms with Gasteiger partial charge in [0.2, 0.25) is 11.8 Å². The lowest BCUT2D eigenvalue weighted by molar-refractivity contribution is -0.220. The van der Waals surface area contributed by atoms with Crippen molar-refractivity contribution >= 4 is 23.7 Å². The highest BCUT2D eigenvalue weighted by Gasteiger charge is 2.56. The molecule has 23 heteroatoms. The van der Waals surface area contributed by atoms with Crippen molar-refractivity contribution in [3.8, 4) is 23.1 Å². The first-order chi connectivity index (χ1) is 36.1. The van der Waals surface area contributed by atoms with E-state index in [1.807, 2.05) is 12.1 Å². The molecule has 5 atom stereocenters. The molecule has 0 saturated carbocycles. The highest BCUT2D eigenvalue weighted by atomic mass is 19.4. The highest BCUT2D eigenvalue weighted by Crippen LogP contribution is 2.41. The largest absolute Gasteiger partial charge is 0.465 e. The van der Waals surface area contributed by atoms with Crippen LogP contribution in [-0.4, -0.2) is 141 Å². The summed E-state index contributed by atoms with van der Waals surface area (Å²) in [5, 5.41) is 33.4. The van der Waals surface area contributed by atoms with E-state index in [-0.39, 0.29) is 24.1 Å². The topological polar surface area (TPSA) is 189 Å². The quantitative estimate of drug-likeness (QED) is 0.0202. The zero-order valence-electron chi connectivity index (χ0n) is 42.7. The minimum absolute atomic E-state index is 0.0837. The fourth-order valence-corrected chi connectivity index (χ4v) is 9.61. The normalized spacial score (nSPS) is 18.3. The van der Waals surface area contributed by atoms with Crippen LogP contribution in [0.2, 0.25) is 0 Å². The van der Waals surface area contributed by atoms with Crippen LogP contribution in [0.5, 0.6) is 0 Å². The van der Waals surface area contributed by atoms with E-state index < -0.39 is 84.5 Å². The smallest absolute Gasteiger partial charge is 0.405 e. The lowest BCUT2D eigenvalue weighted by Crippen LogP contribution is -2.62. The number of ether oxygens (including phenoxy) is 1. The van der Waals surface area contributed by atoms with E-state index >= 15 is 8.78 Å². The molecule has 3 aliphatic heterocycles. The van der Waals surface area contributed by atoms with Gasteiger partial charge in [-0.05, 0) is 113 Å². The number of amides is 3. The van der Waals surface area contributed by atoms with Crippen LogP contribution in [-0.2, 0) is 27.3 Å². The molecule has 5 heterocycles. The molecule has 3 aliphatic rings. The summed E-state index contributed by atoms with van der Waals surface area (Å²) >= 11 is 0. The second-order valence-electron chi connectivity index (χ2n) is 20.6. The number of halogens is 7. The third-order valence-corrected chi connectivity index (χ3v) is 14.1. The fraction of sp³-hybridized carbons (Fsp3) is 0.528. The number of carboxylic acid groups (broad SMARTS) is 1. The number of pyridine rings is 1. The Balaban J connectivity index is 1.10. The molecule has 2 aromatic heterocycles. The van der Waals surface area contributed by atoms with E-state index in [4.69, 9.17) is 9.72 Å². The number of aliphatic hydroxyl groups excluding tert-OH is 1. The van der Waals surface area contributed by atoms with Gasteiger partial charge in [-0.15, -0.1) is 0 Å². The molecule has 3 saturated heterocycles. The third-order valence-electron chi connectivity index (χ3n) is 14.1. The number of carbonyl (C=O) groups is 3. The number of nitrogens with one attached hydrogen (secondary N) is 4. The maximum atomic E-state index is 15.9. The van der Waals surface area contributed by atoms with Gasteiger partial charge < -0.3 is 35.8 Å². The summed E-state index contributed by atoms with van der Waals surface area (Å²) in [5.41, 5.74) is 0.265. The zero-order valence-corrected chi connectivity index (χ0v) is 42.7. The summed E-state index contributed by atoms with van der Waals surface area (Å²) in [6.45, 7) is 5.42. The Morgan fingerprint density at radius 1 is 0.908 bits per heavy atom. The molecule has 2 aromatic carbocycles. The number of anilines is 1. The number of carbonyl (C=O) groups excluding carboxylic acids is 2. The first-order valence-electron chi connectivity index (χ1n) is 25.3. The Morgan fingerprint density at radius 3 is 2.13 bits per heavy atom. The summed E-state index contributed by atoms with van der Waals surface area (Å²) in [6.07, 6.45) is -3.06. The maximum Gasteiger partial charge on any atom is 0.405 e. The van der Waals surface area contributed by atoms with E-state index in [0.29, 0.717) is 78.8 Å². The van der Waals surface area contributed by atoms with E-state index in [2.05, 4.69) is 56.6 Å². The second kappa shape index (κ2) is 25.2. The van der Waals surface area contributed by atoms with Gasteiger partial charge in [-0.1, -0.05) is 37.8 Å². The van der Waals surface area contributed by atoms with Gasteiger partial charge >= 0.3 is 18.8 Å². The van der Waals surface area contributed by atoms with Crippen molar-refractivity contribution in [3.63, 3.8) is 0 Å². The van der Waals surface area contributed by atoms with Crippen LogP contribution in [0.4, 0.5) is 41.3 Å². The molecule has 412 valence electrons. The van der Waals surface area contributed by atoms with E-state index in [1.54, 1.807) is 35.8 Å². The molecular weight excluding hydrogens is 1010 g/mol. The van der Waals surface area contributed by atoms with Gasteiger partial charge in [0.15, 0.2) is 0 Å². The number of fused-ring (bicyclic) bond motifs is 2. The van der Waals surface area contributed by atoms with Crippen molar-refractivity contribution in [3.05, 3.63) is 101 Å². The van der Waals surface area contributed by atoms with Crippen LogP contribution in [0.1, 0.15) is 88.6 Å². The molecular formula is C53H65F7N10O6. The van der Waals surface area contributed by atoms with Crippen LogP contribution < -0.4 is 26.3 Å². The fourth-order valence-electron chi connectivity index (χ4n) is 9.61. The summed E-state index contributed by atoms with van der Waals surface area (Å²) in [5.74, 6) is 3.07. The standard InChI is InChI=1S/C53H65F7N10O6/c1-32(2)17-20-61-19-5-6-47(72)66-68(28-40-41(54)23-36(24-42(40)55)43-18-21-69(65-43)50(56)57)29-45(71)44(63-49(73)48(64-51(74)75)52(3,4)53(58,59)60)22-34-10-7-33(8-11-34)9-12-35-13-16-46(62-25-35)67-26-37-14-15-38(27-67)70(37)39-30-76-31-39/h7-8,10-11,13,16,18,21,23-25,32,37-39,44-45,48,50,61,64,71H,5-6,14-15,17,19-20,22,26-31H2,1-4H3,(H,63,73)(H,66,72)(H,74,75)/t37-,38-,44-,45-,48+/m0/s1. The van der Waals surface area contributed by atoms with Crippen molar-refractivity contribution in [1.82, 2.24) is 46.0 Å². The van der Waals surface area contributed by atoms with Crippen molar-refractivity contribution < 1.29 is 60.1 Å². The molecule has 0 radical (unpaired) electrons. The Bertz CT molecular complexity index is 2640. The van der Waals surface area contributed by atoms with Gasteiger partial charge in [0.1, 0.15) is 23.5 Å². The molecule has 0 spiro atoms. The summed E-state index contributed by atoms with van der Waals surface area (Å²) in [7, 11) is 0. The van der Waals surface area contributed by atoms with Crippen molar-refractivity contribution in [2.24, 2.45) is 11.3 Å². The monoisotopic (exact) mass is 1070 g/mol. The van der Waals surface area contributed by atoms with Gasteiger partial charge in [-0.3, -0.25) is 19.9 Å². The lowest BCUT2D eigenvalue weighted by Gasteiger charge is -2.47. The number of aliphatic hydroxyl groups is 1. The van der Waals surface area contributed by atoms with Gasteiger partial charge in [0.25, 0.3) is 0 Å². The summed E-state index contributed by atoms with van der Waals surface area (Å²) in [6, 6.07) is 10.7. The molecule has 76 heavy (non-hydrogen) atoms. The number of piperazine rings is 1. The maximum absolute atomic E-state index is 15.9. The Morgan fingerprint density at radius 2 is 1.57 bits per heavy atom. The number of alkyl halides is 5. The number of hydrogen-bond donors (Lipinski definition) is 6. The van der Waals surface area contributed by atoms with Crippen molar-refractivity contribution in [1.29, 1.82) is 0 Å². The third kappa shape index (κ3) is 14.8. The molecule has 0 aliphatic carbocycles. The molecule has 7 rings (SSSR count). The summed E-state index contributed by atoms with van der Waals surface area (Å²) in [4.78, 5) is 48.7. The molecule has 2 bridgehead atoms. The van der Waals surface area contributed by atoms with E-state index in [0.717, 1.165) is 80.8 Å². The molecule has 16 nitrogen and oxygen atoms in total. The van der Waals surface area contributed by atoms with Crippen LogP contribution in [0.15, 0.2) is 67.0 Å². The van der Waals surface area contributed by atoms with Crippen LogP contribution in [0, 0.1) is 34.8 Å². The Hall–Kier alpha value is -6.32. The molecule has 4 aromatic rings. The number of rotatable bonds is 23. The molecule has 3 fully saturated rings. The number of nitrogens with zero attached hydrogens (tertiary/aromatic N) is 6. The SMILES string of the molecule is CC(C)CCNCCCC(=O)NN(Cc1c(F)cc(-c2ccn(C(F)F)n2)cc1F)C[C@H](O)[C@H](Cc1ccc(C#Cc2ccc(N3C[C@@H]4CC[C@@H](C3)N4C3COC3)nc2)cc1)NC(=O)[C@@H](NC(=O)O)C(C)(C)C(F)(F)F. The number of aromatic nitrogens is 3. The second-order valence-corrected chi connectivity index (χ2v) is 20.6. The van der Waals surface area contributed by atoms with Crippen molar-refractivity contribution in [2.75, 3.05) is 50.8 Å².